The number of carbonyl (C=O) groups is 1. The summed E-state index contributed by atoms with van der Waals surface area (Å²) in [7, 11) is 0. The maximum atomic E-state index is 12.6. The Morgan fingerprint density at radius 1 is 1.29 bits per heavy atom. The van der Waals surface area contributed by atoms with Gasteiger partial charge in [0.1, 0.15) is 0 Å². The van der Waals surface area contributed by atoms with Gasteiger partial charge in [0.15, 0.2) is 0 Å². The molecule has 4 atom stereocenters. The summed E-state index contributed by atoms with van der Waals surface area (Å²) in [5.41, 5.74) is 2.35. The summed E-state index contributed by atoms with van der Waals surface area (Å²) in [5, 5.41) is 3.08. The molecule has 2 fully saturated rings. The van der Waals surface area contributed by atoms with Crippen LogP contribution >= 0.6 is 0 Å². The minimum Gasteiger partial charge on any atom is -0.366 e. The number of ether oxygens (including phenoxy) is 1. The maximum absolute atomic E-state index is 12.6. The van der Waals surface area contributed by atoms with Crippen molar-refractivity contribution < 1.29 is 9.53 Å². The average Bonchev–Trinajstić information content (AvgIpc) is 3.24. The van der Waals surface area contributed by atoms with Crippen molar-refractivity contribution in [2.75, 3.05) is 13.1 Å². The molecule has 4 unspecified atom stereocenters. The summed E-state index contributed by atoms with van der Waals surface area (Å²) < 4.78 is 5.87. The Balaban J connectivity index is 1.39. The standard InChI is InChI=1S/C19H25N3O2/c1-19(2,3)15-6-7-20-8-12(15)9-21-18(23)22-10-13-14(11-22)17-5-4-16(13)24-17/h4-8,13-14,16-17H,9-11H2,1-3H3,(H,21,23). The van der Waals surface area contributed by atoms with Crippen LogP contribution in [0.15, 0.2) is 30.6 Å². The van der Waals surface area contributed by atoms with Gasteiger partial charge in [-0.15, -0.1) is 0 Å². The van der Waals surface area contributed by atoms with Crippen LogP contribution in [0.1, 0.15) is 31.9 Å². The molecule has 3 aliphatic heterocycles. The number of amides is 2. The molecular weight excluding hydrogens is 302 g/mol. The molecule has 2 bridgehead atoms. The van der Waals surface area contributed by atoms with Gasteiger partial charge in [0.05, 0.1) is 12.2 Å². The number of likely N-dealkylation sites (tertiary alicyclic amines) is 1. The Morgan fingerprint density at radius 2 is 1.96 bits per heavy atom. The van der Waals surface area contributed by atoms with E-state index in [1.807, 2.05) is 23.4 Å². The van der Waals surface area contributed by atoms with E-state index >= 15 is 0 Å². The Bertz CT molecular complexity index is 659. The van der Waals surface area contributed by atoms with Crippen LogP contribution in [-0.4, -0.2) is 41.2 Å². The molecule has 1 N–H and O–H groups in total. The van der Waals surface area contributed by atoms with Crippen molar-refractivity contribution in [3.05, 3.63) is 41.7 Å². The summed E-state index contributed by atoms with van der Waals surface area (Å²) in [6, 6.07) is 2.06. The number of carbonyl (C=O) groups excluding carboxylic acids is 1. The second-order valence-corrected chi connectivity index (χ2v) is 8.12. The van der Waals surface area contributed by atoms with E-state index in [-0.39, 0.29) is 23.7 Å². The first-order valence-electron chi connectivity index (χ1n) is 8.73. The zero-order valence-electron chi connectivity index (χ0n) is 14.5. The first-order chi connectivity index (χ1) is 11.4. The largest absolute Gasteiger partial charge is 0.366 e. The smallest absolute Gasteiger partial charge is 0.317 e. The fraction of sp³-hybridized carbons (Fsp3) is 0.579. The third-order valence-electron chi connectivity index (χ3n) is 5.49. The van der Waals surface area contributed by atoms with Crippen LogP contribution in [0.25, 0.3) is 0 Å². The SMILES string of the molecule is CC(C)(C)c1ccncc1CNC(=O)N1CC2C3C=CC(O3)C2C1. The van der Waals surface area contributed by atoms with E-state index in [9.17, 15) is 4.79 Å². The van der Waals surface area contributed by atoms with Crippen molar-refractivity contribution in [1.29, 1.82) is 0 Å². The Labute approximate surface area is 143 Å². The summed E-state index contributed by atoms with van der Waals surface area (Å²) in [6.45, 7) is 8.64. The molecule has 1 aromatic rings. The summed E-state index contributed by atoms with van der Waals surface area (Å²) in [5.74, 6) is 0.934. The van der Waals surface area contributed by atoms with Gasteiger partial charge in [-0.05, 0) is 22.6 Å². The molecule has 3 aliphatic rings. The van der Waals surface area contributed by atoms with Crippen molar-refractivity contribution in [1.82, 2.24) is 15.2 Å². The highest BCUT2D eigenvalue weighted by Crippen LogP contribution is 2.43. The Morgan fingerprint density at radius 3 is 2.58 bits per heavy atom. The van der Waals surface area contributed by atoms with Gasteiger partial charge in [-0.1, -0.05) is 32.9 Å². The predicted octanol–water partition coefficient (Wildman–Crippen LogP) is 2.47. The first-order valence-corrected chi connectivity index (χ1v) is 8.73. The van der Waals surface area contributed by atoms with Crippen LogP contribution in [0, 0.1) is 11.8 Å². The lowest BCUT2D eigenvalue weighted by molar-refractivity contribution is 0.0882. The number of nitrogens with one attached hydrogen (secondary N) is 1. The fourth-order valence-corrected chi connectivity index (χ4v) is 4.28. The summed E-state index contributed by atoms with van der Waals surface area (Å²) in [4.78, 5) is 18.7. The number of rotatable bonds is 2. The molecule has 0 saturated carbocycles. The number of aromatic nitrogens is 1. The van der Waals surface area contributed by atoms with Gasteiger partial charge >= 0.3 is 6.03 Å². The molecule has 24 heavy (non-hydrogen) atoms. The Kier molecular flexibility index (Phi) is 3.64. The van der Waals surface area contributed by atoms with Crippen LogP contribution in [0.2, 0.25) is 0 Å². The molecule has 1 aromatic heterocycles. The molecule has 0 radical (unpaired) electrons. The van der Waals surface area contributed by atoms with E-state index in [1.165, 1.54) is 5.56 Å². The monoisotopic (exact) mass is 327 g/mol. The summed E-state index contributed by atoms with van der Waals surface area (Å²) in [6.07, 6.45) is 8.40. The molecule has 0 spiro atoms. The highest BCUT2D eigenvalue weighted by Gasteiger charge is 2.51. The highest BCUT2D eigenvalue weighted by molar-refractivity contribution is 5.74. The van der Waals surface area contributed by atoms with Gasteiger partial charge in [0.25, 0.3) is 0 Å². The number of pyridine rings is 1. The van der Waals surface area contributed by atoms with Gasteiger partial charge in [0.2, 0.25) is 0 Å². The number of fused-ring (bicyclic) bond motifs is 5. The lowest BCUT2D eigenvalue weighted by Gasteiger charge is -2.24. The third kappa shape index (κ3) is 2.61. The van der Waals surface area contributed by atoms with E-state index in [0.717, 1.165) is 18.7 Å². The molecule has 0 aromatic carbocycles. The van der Waals surface area contributed by atoms with Crippen LogP contribution in [0.3, 0.4) is 0 Å². The van der Waals surface area contributed by atoms with E-state index in [4.69, 9.17) is 4.74 Å². The quantitative estimate of drug-likeness (QED) is 0.849. The van der Waals surface area contributed by atoms with Crippen molar-refractivity contribution >= 4 is 6.03 Å². The van der Waals surface area contributed by atoms with Gasteiger partial charge in [0, 0.05) is 43.9 Å². The van der Waals surface area contributed by atoms with Gasteiger partial charge in [-0.25, -0.2) is 4.79 Å². The molecule has 4 rings (SSSR count). The topological polar surface area (TPSA) is 54.5 Å². The molecule has 2 saturated heterocycles. The van der Waals surface area contributed by atoms with Crippen LogP contribution in [0.4, 0.5) is 4.79 Å². The Hall–Kier alpha value is -1.88. The van der Waals surface area contributed by atoms with E-state index in [2.05, 4.69) is 43.2 Å². The molecule has 5 nitrogen and oxygen atoms in total. The highest BCUT2D eigenvalue weighted by atomic mass is 16.5. The minimum atomic E-state index is 0.0208. The molecular formula is C19H25N3O2. The zero-order valence-corrected chi connectivity index (χ0v) is 14.5. The van der Waals surface area contributed by atoms with E-state index in [1.54, 1.807) is 0 Å². The minimum absolute atomic E-state index is 0.0208. The normalized spacial score (nSPS) is 30.7. The number of hydrogen-bond acceptors (Lipinski definition) is 3. The number of urea groups is 1. The van der Waals surface area contributed by atoms with Crippen molar-refractivity contribution in [3.8, 4) is 0 Å². The lowest BCUT2D eigenvalue weighted by atomic mass is 9.85. The zero-order chi connectivity index (χ0) is 16.9. The third-order valence-corrected chi connectivity index (χ3v) is 5.49. The number of nitrogens with zero attached hydrogens (tertiary/aromatic N) is 2. The molecule has 128 valence electrons. The second-order valence-electron chi connectivity index (χ2n) is 8.12. The van der Waals surface area contributed by atoms with E-state index < -0.39 is 0 Å². The average molecular weight is 327 g/mol. The van der Waals surface area contributed by atoms with Gasteiger partial charge in [-0.3, -0.25) is 4.98 Å². The fourth-order valence-electron chi connectivity index (χ4n) is 4.28. The maximum Gasteiger partial charge on any atom is 0.317 e. The second kappa shape index (κ2) is 5.59. The van der Waals surface area contributed by atoms with Crippen molar-refractivity contribution in [2.24, 2.45) is 11.8 Å². The van der Waals surface area contributed by atoms with Gasteiger partial charge < -0.3 is 15.0 Å². The first kappa shape index (κ1) is 15.6. The van der Waals surface area contributed by atoms with E-state index in [0.29, 0.717) is 18.4 Å². The molecule has 0 aliphatic carbocycles. The molecule has 4 heterocycles. The molecule has 5 heteroatoms. The van der Waals surface area contributed by atoms with Crippen LogP contribution in [-0.2, 0) is 16.7 Å². The lowest BCUT2D eigenvalue weighted by Crippen LogP contribution is -2.39. The predicted molar refractivity (Wildman–Crippen MR) is 91.5 cm³/mol. The van der Waals surface area contributed by atoms with Crippen molar-refractivity contribution in [2.45, 2.75) is 44.9 Å². The number of hydrogen-bond donors (Lipinski definition) is 1. The van der Waals surface area contributed by atoms with Crippen LogP contribution in [0.5, 0.6) is 0 Å². The molecule has 2 amide bonds. The van der Waals surface area contributed by atoms with Crippen LogP contribution < -0.4 is 5.32 Å². The van der Waals surface area contributed by atoms with Gasteiger partial charge in [-0.2, -0.15) is 0 Å². The van der Waals surface area contributed by atoms with Crippen molar-refractivity contribution in [3.63, 3.8) is 0 Å². The summed E-state index contributed by atoms with van der Waals surface area (Å²) >= 11 is 0.